The smallest absolute Gasteiger partial charge is 0.151 e. The Balaban J connectivity index is 1.85. The molecule has 0 bridgehead atoms. The number of oxime groups is 1. The molecule has 0 saturated carbocycles. The van der Waals surface area contributed by atoms with Crippen LogP contribution in [0, 0.1) is 0 Å². The molecule has 2 heterocycles. The van der Waals surface area contributed by atoms with E-state index >= 15 is 0 Å². The van der Waals surface area contributed by atoms with E-state index in [4.69, 9.17) is 4.84 Å². The number of hydrogen-bond acceptors (Lipinski definition) is 4. The van der Waals surface area contributed by atoms with Crippen LogP contribution in [0.25, 0.3) is 0 Å². The fourth-order valence-electron chi connectivity index (χ4n) is 1.90. The molecule has 0 saturated heterocycles. The van der Waals surface area contributed by atoms with Gasteiger partial charge in [-0.25, -0.2) is 0 Å². The van der Waals surface area contributed by atoms with Gasteiger partial charge in [-0.3, -0.25) is 4.98 Å². The number of pyridine rings is 1. The zero-order chi connectivity index (χ0) is 14.3. The van der Waals surface area contributed by atoms with Crippen LogP contribution in [0.5, 0.6) is 0 Å². The topological polar surface area (TPSA) is 34.5 Å². The third kappa shape index (κ3) is 3.55. The molecular weight excluding hydrogens is 280 g/mol. The molecule has 0 atom stereocenters. The molecule has 0 amide bonds. The van der Waals surface area contributed by atoms with Crippen molar-refractivity contribution in [3.05, 3.63) is 88.4 Å². The van der Waals surface area contributed by atoms with Crippen LogP contribution in [0.15, 0.2) is 77.4 Å². The van der Waals surface area contributed by atoms with Gasteiger partial charge in [-0.05, 0) is 23.6 Å². The highest BCUT2D eigenvalue weighted by molar-refractivity contribution is 7.09. The van der Waals surface area contributed by atoms with Gasteiger partial charge in [-0.2, -0.15) is 0 Å². The first-order valence-corrected chi connectivity index (χ1v) is 7.50. The van der Waals surface area contributed by atoms with Crippen LogP contribution in [0.1, 0.15) is 16.1 Å². The number of benzene rings is 1. The summed E-state index contributed by atoms with van der Waals surface area (Å²) in [4.78, 5) is 11.0. The zero-order valence-electron chi connectivity index (χ0n) is 11.3. The molecule has 0 aliphatic carbocycles. The van der Waals surface area contributed by atoms with Crippen molar-refractivity contribution in [2.24, 2.45) is 5.16 Å². The van der Waals surface area contributed by atoms with Gasteiger partial charge in [0.2, 0.25) is 0 Å². The van der Waals surface area contributed by atoms with Crippen LogP contribution < -0.4 is 0 Å². The fourth-order valence-corrected chi connectivity index (χ4v) is 2.51. The van der Waals surface area contributed by atoms with E-state index in [1.807, 2.05) is 66.0 Å². The third-order valence-electron chi connectivity index (χ3n) is 2.90. The minimum absolute atomic E-state index is 0.473. The van der Waals surface area contributed by atoms with Crippen molar-refractivity contribution in [3.8, 4) is 0 Å². The summed E-state index contributed by atoms with van der Waals surface area (Å²) in [5, 5.41) is 6.33. The van der Waals surface area contributed by atoms with E-state index in [0.717, 1.165) is 21.8 Å². The molecule has 1 aromatic carbocycles. The van der Waals surface area contributed by atoms with Gasteiger partial charge >= 0.3 is 0 Å². The van der Waals surface area contributed by atoms with E-state index < -0.39 is 0 Å². The lowest BCUT2D eigenvalue weighted by Gasteiger charge is -2.06. The Hall–Kier alpha value is -2.46. The first kappa shape index (κ1) is 13.5. The average Bonchev–Trinajstić information content (AvgIpc) is 3.07. The van der Waals surface area contributed by atoms with Crippen LogP contribution in [0.2, 0.25) is 0 Å². The number of aromatic nitrogens is 1. The summed E-state index contributed by atoms with van der Waals surface area (Å²) in [7, 11) is 0. The van der Waals surface area contributed by atoms with E-state index in [-0.39, 0.29) is 0 Å². The molecule has 0 aliphatic rings. The second kappa shape index (κ2) is 6.81. The molecule has 3 aromatic rings. The molecular formula is C17H14N2OS. The number of thiophene rings is 1. The second-order valence-electron chi connectivity index (χ2n) is 4.37. The minimum atomic E-state index is 0.473. The Labute approximate surface area is 127 Å². The first-order valence-electron chi connectivity index (χ1n) is 6.62. The maximum atomic E-state index is 5.51. The maximum absolute atomic E-state index is 5.51. The molecule has 21 heavy (non-hydrogen) atoms. The fraction of sp³-hybridized carbons (Fsp3) is 0.0588. The predicted molar refractivity (Wildman–Crippen MR) is 85.4 cm³/mol. The molecule has 2 aromatic heterocycles. The molecule has 0 fully saturated rings. The van der Waals surface area contributed by atoms with Crippen molar-refractivity contribution in [1.82, 2.24) is 4.98 Å². The largest absolute Gasteiger partial charge is 0.389 e. The quantitative estimate of drug-likeness (QED) is 0.524. The van der Waals surface area contributed by atoms with Crippen molar-refractivity contribution in [2.45, 2.75) is 6.61 Å². The highest BCUT2D eigenvalue weighted by Gasteiger charge is 2.08. The zero-order valence-corrected chi connectivity index (χ0v) is 12.2. The monoisotopic (exact) mass is 294 g/mol. The first-order chi connectivity index (χ1) is 10.4. The molecule has 0 unspecified atom stereocenters. The van der Waals surface area contributed by atoms with Crippen LogP contribution in [-0.4, -0.2) is 10.7 Å². The van der Waals surface area contributed by atoms with E-state index in [2.05, 4.69) is 10.1 Å². The van der Waals surface area contributed by atoms with E-state index in [1.165, 1.54) is 0 Å². The van der Waals surface area contributed by atoms with Crippen molar-refractivity contribution in [1.29, 1.82) is 0 Å². The summed E-state index contributed by atoms with van der Waals surface area (Å²) in [5.74, 6) is 0. The number of nitrogens with zero attached hydrogens (tertiary/aromatic N) is 2. The third-order valence-corrected chi connectivity index (χ3v) is 3.75. The van der Waals surface area contributed by atoms with Crippen LogP contribution in [0.3, 0.4) is 0 Å². The predicted octanol–water partition coefficient (Wildman–Crippen LogP) is 4.11. The lowest BCUT2D eigenvalue weighted by atomic mass is 10.1. The van der Waals surface area contributed by atoms with Gasteiger partial charge in [0.05, 0.1) is 5.69 Å². The summed E-state index contributed by atoms with van der Waals surface area (Å²) in [6, 6.07) is 19.7. The summed E-state index contributed by atoms with van der Waals surface area (Å²) in [5.41, 5.74) is 2.53. The van der Waals surface area contributed by atoms with Crippen molar-refractivity contribution in [2.75, 3.05) is 0 Å². The lowest BCUT2D eigenvalue weighted by Crippen LogP contribution is -2.06. The standard InChI is InChI=1S/C17H14N2OS/c1-2-7-14(8-3-1)17(16-10-4-5-11-18-16)19-20-13-15-9-6-12-21-15/h1-12H,13H2. The molecule has 3 rings (SSSR count). The molecule has 0 spiro atoms. The lowest BCUT2D eigenvalue weighted by molar-refractivity contribution is 0.133. The molecule has 0 aliphatic heterocycles. The van der Waals surface area contributed by atoms with Crippen LogP contribution in [-0.2, 0) is 11.4 Å². The highest BCUT2D eigenvalue weighted by atomic mass is 32.1. The Bertz CT molecular complexity index is 653. The van der Waals surface area contributed by atoms with Gasteiger partial charge in [0, 0.05) is 16.6 Å². The van der Waals surface area contributed by atoms with Gasteiger partial charge in [-0.15, -0.1) is 11.3 Å². The number of rotatable bonds is 5. The molecule has 0 radical (unpaired) electrons. The summed E-state index contributed by atoms with van der Waals surface area (Å²) in [6.45, 7) is 0.473. The Morgan fingerprint density at radius 1 is 1.00 bits per heavy atom. The van der Waals surface area contributed by atoms with E-state index in [0.29, 0.717) is 6.61 Å². The summed E-state index contributed by atoms with van der Waals surface area (Å²) in [6.07, 6.45) is 1.76. The van der Waals surface area contributed by atoms with Crippen molar-refractivity contribution < 1.29 is 4.84 Å². The summed E-state index contributed by atoms with van der Waals surface area (Å²) >= 11 is 1.66. The van der Waals surface area contributed by atoms with Crippen molar-refractivity contribution >= 4 is 17.0 Å². The van der Waals surface area contributed by atoms with Gasteiger partial charge in [-0.1, -0.05) is 47.6 Å². The van der Waals surface area contributed by atoms with Crippen LogP contribution >= 0.6 is 11.3 Å². The van der Waals surface area contributed by atoms with Gasteiger partial charge in [0.15, 0.2) is 6.61 Å². The highest BCUT2D eigenvalue weighted by Crippen LogP contribution is 2.12. The van der Waals surface area contributed by atoms with E-state index in [9.17, 15) is 0 Å². The maximum Gasteiger partial charge on any atom is 0.151 e. The average molecular weight is 294 g/mol. The SMILES string of the molecule is c1ccc(C(=NOCc2cccs2)c2ccccn2)cc1. The molecule has 0 N–H and O–H groups in total. The second-order valence-corrected chi connectivity index (χ2v) is 5.41. The Morgan fingerprint density at radius 2 is 1.86 bits per heavy atom. The number of hydrogen-bond donors (Lipinski definition) is 0. The van der Waals surface area contributed by atoms with Gasteiger partial charge in [0.25, 0.3) is 0 Å². The Kier molecular flexibility index (Phi) is 4.39. The van der Waals surface area contributed by atoms with Crippen LogP contribution in [0.4, 0.5) is 0 Å². The summed E-state index contributed by atoms with van der Waals surface area (Å²) < 4.78 is 0. The molecule has 4 heteroatoms. The van der Waals surface area contributed by atoms with E-state index in [1.54, 1.807) is 17.5 Å². The van der Waals surface area contributed by atoms with Gasteiger partial charge < -0.3 is 4.84 Å². The Morgan fingerprint density at radius 3 is 2.57 bits per heavy atom. The molecule has 104 valence electrons. The van der Waals surface area contributed by atoms with Crippen molar-refractivity contribution in [3.63, 3.8) is 0 Å². The molecule has 3 nitrogen and oxygen atoms in total. The van der Waals surface area contributed by atoms with Gasteiger partial charge in [0.1, 0.15) is 5.71 Å². The minimum Gasteiger partial charge on any atom is -0.389 e. The normalized spacial score (nSPS) is 11.3.